The van der Waals surface area contributed by atoms with Crippen LogP contribution in [0.3, 0.4) is 0 Å². The molecule has 0 fully saturated rings. The summed E-state index contributed by atoms with van der Waals surface area (Å²) in [6.45, 7) is 2.64. The highest BCUT2D eigenvalue weighted by Crippen LogP contribution is 2.17. The van der Waals surface area contributed by atoms with Gasteiger partial charge < -0.3 is 14.8 Å². The Balaban J connectivity index is 1.56. The van der Waals surface area contributed by atoms with Crippen LogP contribution in [0.1, 0.15) is 12.0 Å². The number of rotatable bonds is 9. The standard InChI is InChI=1S/C19H23NO3S/c1-15-5-3-6-16(13-15)20-19(21)14-24-12-4-11-23-18-9-7-17(22-2)8-10-18/h3,5-10,13H,4,11-12,14H2,1-2H3,(H,20,21). The van der Waals surface area contributed by atoms with Crippen molar-refractivity contribution in [2.75, 3.05) is 30.5 Å². The molecular formula is C19H23NO3S. The number of hydrogen-bond donors (Lipinski definition) is 1. The number of hydrogen-bond acceptors (Lipinski definition) is 4. The fraction of sp³-hybridized carbons (Fsp3) is 0.316. The summed E-state index contributed by atoms with van der Waals surface area (Å²) in [5.74, 6) is 3.02. The van der Waals surface area contributed by atoms with Gasteiger partial charge in [0.05, 0.1) is 19.5 Å². The van der Waals surface area contributed by atoms with Gasteiger partial charge in [0, 0.05) is 5.69 Å². The lowest BCUT2D eigenvalue weighted by atomic mass is 10.2. The minimum Gasteiger partial charge on any atom is -0.497 e. The monoisotopic (exact) mass is 345 g/mol. The number of anilines is 1. The number of benzene rings is 2. The molecule has 2 aromatic carbocycles. The van der Waals surface area contributed by atoms with Gasteiger partial charge in [-0.25, -0.2) is 0 Å². The van der Waals surface area contributed by atoms with Crippen molar-refractivity contribution in [3.8, 4) is 11.5 Å². The summed E-state index contributed by atoms with van der Waals surface area (Å²) in [6, 6.07) is 15.3. The Morgan fingerprint density at radius 2 is 1.88 bits per heavy atom. The first-order valence-electron chi connectivity index (χ1n) is 7.88. The highest BCUT2D eigenvalue weighted by Gasteiger charge is 2.03. The van der Waals surface area contributed by atoms with Gasteiger partial charge in [0.2, 0.25) is 5.91 Å². The second-order valence-corrected chi connectivity index (χ2v) is 6.45. The van der Waals surface area contributed by atoms with E-state index in [-0.39, 0.29) is 5.91 Å². The Morgan fingerprint density at radius 1 is 1.12 bits per heavy atom. The second-order valence-electron chi connectivity index (χ2n) is 5.35. The Morgan fingerprint density at radius 3 is 2.58 bits per heavy atom. The van der Waals surface area contributed by atoms with Crippen molar-refractivity contribution in [3.05, 3.63) is 54.1 Å². The molecule has 0 aliphatic carbocycles. The maximum Gasteiger partial charge on any atom is 0.234 e. The zero-order valence-electron chi connectivity index (χ0n) is 14.1. The van der Waals surface area contributed by atoms with Crippen LogP contribution in [0, 0.1) is 6.92 Å². The number of thioether (sulfide) groups is 1. The van der Waals surface area contributed by atoms with Crippen LogP contribution in [0.15, 0.2) is 48.5 Å². The summed E-state index contributed by atoms with van der Waals surface area (Å²) in [6.07, 6.45) is 0.897. The average Bonchev–Trinajstić information content (AvgIpc) is 2.58. The zero-order valence-corrected chi connectivity index (χ0v) is 14.9. The van der Waals surface area contributed by atoms with Crippen molar-refractivity contribution in [2.24, 2.45) is 0 Å². The van der Waals surface area contributed by atoms with Gasteiger partial charge in [-0.2, -0.15) is 11.8 Å². The van der Waals surface area contributed by atoms with Gasteiger partial charge in [-0.1, -0.05) is 12.1 Å². The van der Waals surface area contributed by atoms with Crippen molar-refractivity contribution in [2.45, 2.75) is 13.3 Å². The predicted octanol–water partition coefficient (Wildman–Crippen LogP) is 4.14. The van der Waals surface area contributed by atoms with E-state index in [0.29, 0.717) is 12.4 Å². The van der Waals surface area contributed by atoms with Gasteiger partial charge in [-0.05, 0) is 61.1 Å². The van der Waals surface area contributed by atoms with E-state index in [0.717, 1.165) is 34.9 Å². The fourth-order valence-corrected chi connectivity index (χ4v) is 2.83. The van der Waals surface area contributed by atoms with E-state index in [2.05, 4.69) is 5.32 Å². The van der Waals surface area contributed by atoms with E-state index in [4.69, 9.17) is 9.47 Å². The summed E-state index contributed by atoms with van der Waals surface area (Å²) >= 11 is 1.61. The molecule has 0 aliphatic rings. The van der Waals surface area contributed by atoms with Crippen LogP contribution >= 0.6 is 11.8 Å². The van der Waals surface area contributed by atoms with E-state index >= 15 is 0 Å². The first kappa shape index (κ1) is 18.2. The van der Waals surface area contributed by atoms with Gasteiger partial charge in [0.1, 0.15) is 11.5 Å². The van der Waals surface area contributed by atoms with E-state index in [9.17, 15) is 4.79 Å². The quantitative estimate of drug-likeness (QED) is 0.694. The summed E-state index contributed by atoms with van der Waals surface area (Å²) < 4.78 is 10.8. The second kappa shape index (κ2) is 9.88. The minimum absolute atomic E-state index is 0.0293. The third-order valence-electron chi connectivity index (χ3n) is 3.30. The number of nitrogens with one attached hydrogen (secondary N) is 1. The van der Waals surface area contributed by atoms with E-state index < -0.39 is 0 Å². The van der Waals surface area contributed by atoms with Crippen LogP contribution in [0.2, 0.25) is 0 Å². The van der Waals surface area contributed by atoms with Crippen LogP contribution < -0.4 is 14.8 Å². The Bertz CT molecular complexity index is 643. The maximum absolute atomic E-state index is 11.9. The summed E-state index contributed by atoms with van der Waals surface area (Å²) in [4.78, 5) is 11.9. The Hall–Kier alpha value is -2.14. The Labute approximate surface area is 147 Å². The average molecular weight is 345 g/mol. The molecule has 0 saturated heterocycles. The molecule has 0 unspecified atom stereocenters. The molecule has 0 aromatic heterocycles. The molecule has 24 heavy (non-hydrogen) atoms. The van der Waals surface area contributed by atoms with Crippen LogP contribution in [0.4, 0.5) is 5.69 Å². The lowest BCUT2D eigenvalue weighted by molar-refractivity contribution is -0.113. The third kappa shape index (κ3) is 6.54. The van der Waals surface area contributed by atoms with E-state index in [1.165, 1.54) is 0 Å². The molecule has 2 aromatic rings. The van der Waals surface area contributed by atoms with Crippen LogP contribution in [0.5, 0.6) is 11.5 Å². The molecule has 0 radical (unpaired) electrons. The number of ether oxygens (including phenoxy) is 2. The highest BCUT2D eigenvalue weighted by molar-refractivity contribution is 7.99. The molecule has 128 valence electrons. The molecule has 0 spiro atoms. The lowest BCUT2D eigenvalue weighted by Crippen LogP contribution is -2.14. The number of amides is 1. The van der Waals surface area contributed by atoms with Crippen molar-refractivity contribution >= 4 is 23.4 Å². The molecular weight excluding hydrogens is 322 g/mol. The van der Waals surface area contributed by atoms with E-state index in [1.807, 2.05) is 55.5 Å². The zero-order chi connectivity index (χ0) is 17.2. The first-order chi connectivity index (χ1) is 11.7. The number of aryl methyl sites for hydroxylation is 1. The van der Waals surface area contributed by atoms with Crippen molar-refractivity contribution in [1.29, 1.82) is 0 Å². The third-order valence-corrected chi connectivity index (χ3v) is 4.34. The number of methoxy groups -OCH3 is 1. The molecule has 0 aliphatic heterocycles. The summed E-state index contributed by atoms with van der Waals surface area (Å²) in [5.41, 5.74) is 1.99. The summed E-state index contributed by atoms with van der Waals surface area (Å²) in [7, 11) is 1.64. The van der Waals surface area contributed by atoms with Crippen LogP contribution in [0.25, 0.3) is 0 Å². The number of carbonyl (C=O) groups excluding carboxylic acids is 1. The molecule has 0 atom stereocenters. The number of carbonyl (C=O) groups is 1. The highest BCUT2D eigenvalue weighted by atomic mass is 32.2. The van der Waals surface area contributed by atoms with Gasteiger partial charge in [-0.15, -0.1) is 0 Å². The molecule has 5 heteroatoms. The van der Waals surface area contributed by atoms with Crippen molar-refractivity contribution < 1.29 is 14.3 Å². The Kier molecular flexibility index (Phi) is 7.49. The molecule has 0 saturated carbocycles. The predicted molar refractivity (Wildman–Crippen MR) is 100 cm³/mol. The summed E-state index contributed by atoms with van der Waals surface area (Å²) in [5, 5.41) is 2.91. The van der Waals surface area contributed by atoms with Crippen LogP contribution in [-0.4, -0.2) is 31.1 Å². The van der Waals surface area contributed by atoms with Crippen molar-refractivity contribution in [1.82, 2.24) is 0 Å². The van der Waals surface area contributed by atoms with Gasteiger partial charge in [-0.3, -0.25) is 4.79 Å². The van der Waals surface area contributed by atoms with Gasteiger partial charge >= 0.3 is 0 Å². The minimum atomic E-state index is 0.0293. The normalized spacial score (nSPS) is 10.2. The van der Waals surface area contributed by atoms with Crippen LogP contribution in [-0.2, 0) is 4.79 Å². The smallest absolute Gasteiger partial charge is 0.234 e. The molecule has 1 amide bonds. The molecule has 1 N–H and O–H groups in total. The molecule has 2 rings (SSSR count). The van der Waals surface area contributed by atoms with Gasteiger partial charge in [0.15, 0.2) is 0 Å². The lowest BCUT2D eigenvalue weighted by Gasteiger charge is -2.08. The molecule has 0 bridgehead atoms. The van der Waals surface area contributed by atoms with Gasteiger partial charge in [0.25, 0.3) is 0 Å². The fourth-order valence-electron chi connectivity index (χ4n) is 2.11. The molecule has 4 nitrogen and oxygen atoms in total. The van der Waals surface area contributed by atoms with E-state index in [1.54, 1.807) is 18.9 Å². The SMILES string of the molecule is COc1ccc(OCCCSCC(=O)Nc2cccc(C)c2)cc1. The van der Waals surface area contributed by atoms with Crippen molar-refractivity contribution in [3.63, 3.8) is 0 Å². The maximum atomic E-state index is 11.9. The topological polar surface area (TPSA) is 47.6 Å². The largest absolute Gasteiger partial charge is 0.497 e. The molecule has 0 heterocycles. The first-order valence-corrected chi connectivity index (χ1v) is 9.04.